The summed E-state index contributed by atoms with van der Waals surface area (Å²) >= 11 is 0. The molecule has 0 heterocycles. The molecule has 3 aromatic carbocycles. The highest BCUT2D eigenvalue weighted by Gasteiger charge is 2.04. The van der Waals surface area contributed by atoms with Gasteiger partial charge >= 0.3 is 0 Å². The van der Waals surface area contributed by atoms with Crippen molar-refractivity contribution in [3.8, 4) is 5.75 Å². The number of carbonyl (C=O) groups is 1. The number of amides is 1. The molecule has 27 heavy (non-hydrogen) atoms. The van der Waals surface area contributed by atoms with Gasteiger partial charge in [0, 0.05) is 17.9 Å². The average molecular weight is 360 g/mol. The van der Waals surface area contributed by atoms with Crippen molar-refractivity contribution in [2.45, 2.75) is 12.8 Å². The van der Waals surface area contributed by atoms with Crippen molar-refractivity contribution in [1.29, 1.82) is 0 Å². The van der Waals surface area contributed by atoms with Gasteiger partial charge in [0.2, 0.25) is 5.91 Å². The van der Waals surface area contributed by atoms with Gasteiger partial charge in [0.15, 0.2) is 0 Å². The van der Waals surface area contributed by atoms with Gasteiger partial charge in [0.1, 0.15) is 5.75 Å². The van der Waals surface area contributed by atoms with Gasteiger partial charge in [0.05, 0.1) is 13.5 Å². The molecule has 4 nitrogen and oxygen atoms in total. The fourth-order valence-corrected chi connectivity index (χ4v) is 2.91. The third kappa shape index (κ3) is 5.61. The lowest BCUT2D eigenvalue weighted by molar-refractivity contribution is -0.115. The van der Waals surface area contributed by atoms with E-state index in [1.54, 1.807) is 7.11 Å². The number of hydrogen-bond acceptors (Lipinski definition) is 3. The van der Waals surface area contributed by atoms with E-state index in [1.807, 2.05) is 72.8 Å². The molecule has 0 bridgehead atoms. The number of para-hydroxylation sites is 1. The van der Waals surface area contributed by atoms with Crippen LogP contribution in [0.25, 0.3) is 0 Å². The van der Waals surface area contributed by atoms with Crippen molar-refractivity contribution >= 4 is 17.3 Å². The molecule has 0 aromatic heterocycles. The van der Waals surface area contributed by atoms with Crippen LogP contribution in [-0.2, 0) is 17.6 Å². The zero-order valence-electron chi connectivity index (χ0n) is 15.4. The first-order valence-electron chi connectivity index (χ1n) is 9.04. The molecule has 0 fully saturated rings. The Morgan fingerprint density at radius 1 is 0.852 bits per heavy atom. The second-order valence-electron chi connectivity index (χ2n) is 6.28. The molecular weight excluding hydrogens is 336 g/mol. The Balaban J connectivity index is 1.48. The number of rotatable bonds is 8. The van der Waals surface area contributed by atoms with E-state index in [0.717, 1.165) is 35.7 Å². The highest BCUT2D eigenvalue weighted by molar-refractivity contribution is 5.92. The third-order valence-corrected chi connectivity index (χ3v) is 4.29. The van der Waals surface area contributed by atoms with Crippen LogP contribution in [0.2, 0.25) is 0 Å². The predicted molar refractivity (Wildman–Crippen MR) is 110 cm³/mol. The lowest BCUT2D eigenvalue weighted by atomic mass is 10.1. The van der Waals surface area contributed by atoms with Crippen LogP contribution in [-0.4, -0.2) is 19.6 Å². The second-order valence-corrected chi connectivity index (χ2v) is 6.28. The summed E-state index contributed by atoms with van der Waals surface area (Å²) in [7, 11) is 1.69. The summed E-state index contributed by atoms with van der Waals surface area (Å²) in [6.45, 7) is 0.806. The molecule has 0 atom stereocenters. The molecule has 138 valence electrons. The lowest BCUT2D eigenvalue weighted by Gasteiger charge is -2.11. The summed E-state index contributed by atoms with van der Waals surface area (Å²) in [6, 6.07) is 25.5. The van der Waals surface area contributed by atoms with Crippen molar-refractivity contribution in [2.24, 2.45) is 0 Å². The van der Waals surface area contributed by atoms with Gasteiger partial charge in [-0.3, -0.25) is 4.79 Å². The summed E-state index contributed by atoms with van der Waals surface area (Å²) in [5.41, 5.74) is 4.00. The quantitative estimate of drug-likeness (QED) is 0.620. The van der Waals surface area contributed by atoms with Gasteiger partial charge in [-0.1, -0.05) is 48.5 Å². The SMILES string of the molecule is COc1ccccc1CCNc1ccc(NC(=O)Cc2ccccc2)cc1. The second kappa shape index (κ2) is 9.43. The topological polar surface area (TPSA) is 50.4 Å². The minimum Gasteiger partial charge on any atom is -0.496 e. The smallest absolute Gasteiger partial charge is 0.228 e. The summed E-state index contributed by atoms with van der Waals surface area (Å²) in [4.78, 5) is 12.1. The summed E-state index contributed by atoms with van der Waals surface area (Å²) < 4.78 is 5.38. The van der Waals surface area contributed by atoms with E-state index < -0.39 is 0 Å². The van der Waals surface area contributed by atoms with Gasteiger partial charge in [-0.2, -0.15) is 0 Å². The Kier molecular flexibility index (Phi) is 6.47. The van der Waals surface area contributed by atoms with Gasteiger partial charge in [-0.15, -0.1) is 0 Å². The Labute approximate surface area is 160 Å². The van der Waals surface area contributed by atoms with Crippen LogP contribution in [0.4, 0.5) is 11.4 Å². The minimum atomic E-state index is -0.0157. The number of carbonyl (C=O) groups excluding carboxylic acids is 1. The van der Waals surface area contributed by atoms with Crippen molar-refractivity contribution < 1.29 is 9.53 Å². The molecule has 0 aliphatic carbocycles. The van der Waals surface area contributed by atoms with Gasteiger partial charge < -0.3 is 15.4 Å². The summed E-state index contributed by atoms with van der Waals surface area (Å²) in [5, 5.41) is 6.33. The fraction of sp³-hybridized carbons (Fsp3) is 0.174. The molecule has 0 unspecified atom stereocenters. The van der Waals surface area contributed by atoms with E-state index in [4.69, 9.17) is 4.74 Å². The number of benzene rings is 3. The number of nitrogens with one attached hydrogen (secondary N) is 2. The van der Waals surface area contributed by atoms with E-state index in [9.17, 15) is 4.79 Å². The predicted octanol–water partition coefficient (Wildman–Crippen LogP) is 4.53. The molecule has 0 aliphatic rings. The first kappa shape index (κ1) is 18.5. The van der Waals surface area contributed by atoms with Crippen molar-refractivity contribution in [3.63, 3.8) is 0 Å². The van der Waals surface area contributed by atoms with Crippen LogP contribution in [0, 0.1) is 0 Å². The van der Waals surface area contributed by atoms with Gasteiger partial charge in [-0.05, 0) is 47.9 Å². The average Bonchev–Trinajstić information content (AvgIpc) is 2.70. The zero-order chi connectivity index (χ0) is 18.9. The molecule has 4 heteroatoms. The van der Waals surface area contributed by atoms with Crippen molar-refractivity contribution in [1.82, 2.24) is 0 Å². The summed E-state index contributed by atoms with van der Waals surface area (Å²) in [5.74, 6) is 0.897. The molecule has 0 spiro atoms. The van der Waals surface area contributed by atoms with Crippen molar-refractivity contribution in [2.75, 3.05) is 24.3 Å². The van der Waals surface area contributed by atoms with E-state index >= 15 is 0 Å². The fourth-order valence-electron chi connectivity index (χ4n) is 2.91. The summed E-state index contributed by atoms with van der Waals surface area (Å²) in [6.07, 6.45) is 1.25. The van der Waals surface area contributed by atoms with Crippen LogP contribution in [0.1, 0.15) is 11.1 Å². The first-order chi connectivity index (χ1) is 13.2. The van der Waals surface area contributed by atoms with E-state index in [0.29, 0.717) is 6.42 Å². The number of ether oxygens (including phenoxy) is 1. The normalized spacial score (nSPS) is 10.3. The largest absolute Gasteiger partial charge is 0.496 e. The third-order valence-electron chi connectivity index (χ3n) is 4.29. The maximum atomic E-state index is 12.1. The highest BCUT2D eigenvalue weighted by atomic mass is 16.5. The first-order valence-corrected chi connectivity index (χ1v) is 9.04. The Morgan fingerprint density at radius 3 is 2.26 bits per heavy atom. The molecule has 0 saturated carbocycles. The molecular formula is C23H24N2O2. The van der Waals surface area contributed by atoms with E-state index in [1.165, 1.54) is 5.56 Å². The van der Waals surface area contributed by atoms with Gasteiger partial charge in [-0.25, -0.2) is 0 Å². The van der Waals surface area contributed by atoms with E-state index in [2.05, 4.69) is 16.7 Å². The lowest BCUT2D eigenvalue weighted by Crippen LogP contribution is -2.14. The van der Waals surface area contributed by atoms with Gasteiger partial charge in [0.25, 0.3) is 0 Å². The highest BCUT2D eigenvalue weighted by Crippen LogP contribution is 2.18. The Hall–Kier alpha value is -3.27. The molecule has 0 saturated heterocycles. The van der Waals surface area contributed by atoms with Crippen LogP contribution in [0.5, 0.6) is 5.75 Å². The van der Waals surface area contributed by atoms with Crippen molar-refractivity contribution in [3.05, 3.63) is 90.0 Å². The molecule has 1 amide bonds. The van der Waals surface area contributed by atoms with E-state index in [-0.39, 0.29) is 5.91 Å². The minimum absolute atomic E-state index is 0.0157. The standard InChI is InChI=1S/C23H24N2O2/c1-27-22-10-6-5-9-19(22)15-16-24-20-11-13-21(14-12-20)25-23(26)17-18-7-3-2-4-8-18/h2-14,24H,15-17H2,1H3,(H,25,26). The van der Waals surface area contributed by atoms with Crippen LogP contribution >= 0.6 is 0 Å². The Bertz CT molecular complexity index is 861. The van der Waals surface area contributed by atoms with Crippen LogP contribution in [0.3, 0.4) is 0 Å². The number of hydrogen-bond donors (Lipinski definition) is 2. The number of anilines is 2. The molecule has 0 radical (unpaired) electrons. The number of methoxy groups -OCH3 is 1. The molecule has 3 aromatic rings. The maximum Gasteiger partial charge on any atom is 0.228 e. The monoisotopic (exact) mass is 360 g/mol. The molecule has 0 aliphatic heterocycles. The Morgan fingerprint density at radius 2 is 1.52 bits per heavy atom. The molecule has 2 N–H and O–H groups in total. The van der Waals surface area contributed by atoms with Crippen LogP contribution < -0.4 is 15.4 Å². The maximum absolute atomic E-state index is 12.1. The van der Waals surface area contributed by atoms with Crippen LogP contribution in [0.15, 0.2) is 78.9 Å². The molecule has 3 rings (SSSR count). The zero-order valence-corrected chi connectivity index (χ0v) is 15.4.